The number of primary amides is 1. The maximum absolute atomic E-state index is 12.0. The first-order valence-corrected chi connectivity index (χ1v) is 6.67. The van der Waals surface area contributed by atoms with Crippen molar-refractivity contribution in [2.45, 2.75) is 0 Å². The molecule has 0 aliphatic heterocycles. The molecule has 1 heterocycles. The number of hydrogen-bond donors (Lipinski definition) is 2. The van der Waals surface area contributed by atoms with Crippen LogP contribution in [0.4, 0.5) is 5.69 Å². The molecule has 0 fully saturated rings. The van der Waals surface area contributed by atoms with Crippen molar-refractivity contribution in [1.82, 2.24) is 4.98 Å². The van der Waals surface area contributed by atoms with E-state index in [0.717, 1.165) is 0 Å². The fourth-order valence-electron chi connectivity index (χ4n) is 1.51. The minimum atomic E-state index is -0.656. The van der Waals surface area contributed by atoms with Crippen molar-refractivity contribution < 1.29 is 9.59 Å². The van der Waals surface area contributed by atoms with Crippen LogP contribution in [0.5, 0.6) is 0 Å². The number of rotatable bonds is 3. The van der Waals surface area contributed by atoms with Crippen molar-refractivity contribution in [3.05, 3.63) is 57.3 Å². The molecule has 0 spiro atoms. The zero-order chi connectivity index (χ0) is 14.7. The van der Waals surface area contributed by atoms with Gasteiger partial charge in [0.2, 0.25) is 5.91 Å². The van der Waals surface area contributed by atoms with Crippen LogP contribution in [0.1, 0.15) is 20.7 Å². The summed E-state index contributed by atoms with van der Waals surface area (Å²) in [6.07, 6.45) is 1.43. The zero-order valence-electron chi connectivity index (χ0n) is 10.1. The number of nitrogens with two attached hydrogens (primary N) is 1. The number of benzene rings is 1. The van der Waals surface area contributed by atoms with E-state index in [9.17, 15) is 9.59 Å². The molecule has 20 heavy (non-hydrogen) atoms. The summed E-state index contributed by atoms with van der Waals surface area (Å²) in [5.41, 5.74) is 6.16. The van der Waals surface area contributed by atoms with E-state index in [1.54, 1.807) is 18.2 Å². The smallest absolute Gasteiger partial charge is 0.257 e. The van der Waals surface area contributed by atoms with Crippen LogP contribution in [-0.4, -0.2) is 16.8 Å². The average Bonchev–Trinajstić information content (AvgIpc) is 2.41. The predicted molar refractivity (Wildman–Crippen MR) is 79.9 cm³/mol. The molecule has 5 nitrogen and oxygen atoms in total. The second-order valence-electron chi connectivity index (χ2n) is 3.88. The second-order valence-corrected chi connectivity index (χ2v) is 5.10. The fraction of sp³-hybridized carbons (Fsp3) is 0. The molecule has 0 atom stereocenters. The first-order chi connectivity index (χ1) is 9.47. The molecule has 0 radical (unpaired) electrons. The standard InChI is InChI=1S/C13H9BrClN3O2/c14-11-4-1-7(6-17-11)13(20)18-8-2-3-10(15)9(5-8)12(16)19/h1-6H,(H2,16,19)(H,18,20). The number of carbonyl (C=O) groups excluding carboxylic acids is 2. The molecule has 3 N–H and O–H groups in total. The van der Waals surface area contributed by atoms with Crippen LogP contribution >= 0.6 is 27.5 Å². The third kappa shape index (κ3) is 3.34. The Morgan fingerprint density at radius 1 is 1.25 bits per heavy atom. The number of nitrogens with one attached hydrogen (secondary N) is 1. The van der Waals surface area contributed by atoms with Crippen LogP contribution in [0.2, 0.25) is 5.02 Å². The molecule has 1 aromatic heterocycles. The highest BCUT2D eigenvalue weighted by Crippen LogP contribution is 2.20. The molecule has 102 valence electrons. The fourth-order valence-corrected chi connectivity index (χ4v) is 1.95. The van der Waals surface area contributed by atoms with Gasteiger partial charge in [-0.15, -0.1) is 0 Å². The first kappa shape index (κ1) is 14.5. The minimum absolute atomic E-state index is 0.151. The van der Waals surface area contributed by atoms with Gasteiger partial charge in [0.1, 0.15) is 4.60 Å². The lowest BCUT2D eigenvalue weighted by atomic mass is 10.2. The number of aromatic nitrogens is 1. The van der Waals surface area contributed by atoms with Crippen molar-refractivity contribution in [1.29, 1.82) is 0 Å². The average molecular weight is 355 g/mol. The summed E-state index contributed by atoms with van der Waals surface area (Å²) in [5.74, 6) is -1.00. The summed E-state index contributed by atoms with van der Waals surface area (Å²) in [6.45, 7) is 0. The van der Waals surface area contributed by atoms with Crippen LogP contribution < -0.4 is 11.1 Å². The van der Waals surface area contributed by atoms with E-state index in [1.807, 2.05) is 0 Å². The van der Waals surface area contributed by atoms with Crippen LogP contribution in [0.3, 0.4) is 0 Å². The lowest BCUT2D eigenvalue weighted by Gasteiger charge is -2.07. The van der Waals surface area contributed by atoms with Crippen LogP contribution in [0.15, 0.2) is 41.1 Å². The number of nitrogens with zero attached hydrogens (tertiary/aromatic N) is 1. The Bertz CT molecular complexity index is 674. The van der Waals surface area contributed by atoms with E-state index in [1.165, 1.54) is 18.3 Å². The van der Waals surface area contributed by atoms with Crippen molar-refractivity contribution in [2.24, 2.45) is 5.73 Å². The van der Waals surface area contributed by atoms with Crippen LogP contribution in [-0.2, 0) is 0 Å². The van der Waals surface area contributed by atoms with Crippen molar-refractivity contribution >= 4 is 45.0 Å². The van der Waals surface area contributed by atoms with Gasteiger partial charge in [0, 0.05) is 11.9 Å². The lowest BCUT2D eigenvalue weighted by molar-refractivity contribution is 0.0996. The third-order valence-corrected chi connectivity index (χ3v) is 3.28. The molecular weight excluding hydrogens is 346 g/mol. The van der Waals surface area contributed by atoms with Gasteiger partial charge in [-0.2, -0.15) is 0 Å². The number of amides is 2. The quantitative estimate of drug-likeness (QED) is 0.831. The van der Waals surface area contributed by atoms with Gasteiger partial charge in [0.15, 0.2) is 0 Å². The summed E-state index contributed by atoms with van der Waals surface area (Å²) in [6, 6.07) is 7.79. The Morgan fingerprint density at radius 2 is 2.00 bits per heavy atom. The molecule has 2 rings (SSSR count). The normalized spacial score (nSPS) is 10.1. The second kappa shape index (κ2) is 6.02. The van der Waals surface area contributed by atoms with E-state index in [4.69, 9.17) is 17.3 Å². The highest BCUT2D eigenvalue weighted by atomic mass is 79.9. The first-order valence-electron chi connectivity index (χ1n) is 5.49. The largest absolute Gasteiger partial charge is 0.366 e. The van der Waals surface area contributed by atoms with Crippen molar-refractivity contribution in [2.75, 3.05) is 5.32 Å². The Kier molecular flexibility index (Phi) is 4.36. The molecule has 0 aliphatic rings. The lowest BCUT2D eigenvalue weighted by Crippen LogP contribution is -2.15. The molecule has 0 bridgehead atoms. The number of halogens is 2. The third-order valence-electron chi connectivity index (χ3n) is 2.48. The number of hydrogen-bond acceptors (Lipinski definition) is 3. The number of anilines is 1. The summed E-state index contributed by atoms with van der Waals surface area (Å²) < 4.78 is 0.636. The predicted octanol–water partition coefficient (Wildman–Crippen LogP) is 2.85. The molecule has 0 unspecified atom stereocenters. The van der Waals surface area contributed by atoms with E-state index in [2.05, 4.69) is 26.2 Å². The van der Waals surface area contributed by atoms with Gasteiger partial charge >= 0.3 is 0 Å². The summed E-state index contributed by atoms with van der Waals surface area (Å²) in [5, 5.41) is 2.88. The van der Waals surface area contributed by atoms with Gasteiger partial charge in [-0.1, -0.05) is 11.6 Å². The molecule has 0 aliphatic carbocycles. The Hall–Kier alpha value is -1.92. The maximum Gasteiger partial charge on any atom is 0.257 e. The maximum atomic E-state index is 12.0. The molecule has 2 amide bonds. The summed E-state index contributed by atoms with van der Waals surface area (Å²) in [4.78, 5) is 27.1. The van der Waals surface area contributed by atoms with E-state index >= 15 is 0 Å². The molecule has 7 heteroatoms. The van der Waals surface area contributed by atoms with E-state index in [-0.39, 0.29) is 16.5 Å². The highest BCUT2D eigenvalue weighted by Gasteiger charge is 2.10. The van der Waals surface area contributed by atoms with Crippen LogP contribution in [0.25, 0.3) is 0 Å². The van der Waals surface area contributed by atoms with Gasteiger partial charge in [0.05, 0.1) is 16.1 Å². The van der Waals surface area contributed by atoms with E-state index in [0.29, 0.717) is 15.9 Å². The zero-order valence-corrected chi connectivity index (χ0v) is 12.4. The monoisotopic (exact) mass is 353 g/mol. The topological polar surface area (TPSA) is 85.1 Å². The highest BCUT2D eigenvalue weighted by molar-refractivity contribution is 9.10. The summed E-state index contributed by atoms with van der Waals surface area (Å²) >= 11 is 9.02. The van der Waals surface area contributed by atoms with Gasteiger partial charge < -0.3 is 11.1 Å². The Balaban J connectivity index is 2.21. The van der Waals surface area contributed by atoms with Gasteiger partial charge in [0.25, 0.3) is 5.91 Å². The van der Waals surface area contributed by atoms with Crippen molar-refractivity contribution in [3.8, 4) is 0 Å². The molecule has 0 saturated heterocycles. The van der Waals surface area contributed by atoms with E-state index < -0.39 is 5.91 Å². The van der Waals surface area contributed by atoms with Crippen LogP contribution in [0, 0.1) is 0 Å². The van der Waals surface area contributed by atoms with Gasteiger partial charge in [-0.05, 0) is 46.3 Å². The number of carbonyl (C=O) groups is 2. The Morgan fingerprint density at radius 3 is 2.60 bits per heavy atom. The molecular formula is C13H9BrClN3O2. The molecule has 1 aromatic carbocycles. The van der Waals surface area contributed by atoms with Gasteiger partial charge in [-0.3, -0.25) is 9.59 Å². The number of pyridine rings is 1. The summed E-state index contributed by atoms with van der Waals surface area (Å²) in [7, 11) is 0. The minimum Gasteiger partial charge on any atom is -0.366 e. The molecule has 2 aromatic rings. The van der Waals surface area contributed by atoms with Crippen molar-refractivity contribution in [3.63, 3.8) is 0 Å². The van der Waals surface area contributed by atoms with Gasteiger partial charge in [-0.25, -0.2) is 4.98 Å². The SMILES string of the molecule is NC(=O)c1cc(NC(=O)c2ccc(Br)nc2)ccc1Cl. The molecule has 0 saturated carbocycles. The Labute approximate surface area is 128 Å².